The van der Waals surface area contributed by atoms with Crippen LogP contribution in [-0.2, 0) is 153 Å². The summed E-state index contributed by atoms with van der Waals surface area (Å²) in [5.41, 5.74) is -5.70. The lowest BCUT2D eigenvalue weighted by Gasteiger charge is -2.59. The van der Waals surface area contributed by atoms with E-state index in [4.69, 9.17) is 115 Å². The van der Waals surface area contributed by atoms with E-state index in [0.717, 1.165) is 77.0 Å². The Balaban J connectivity index is 0.602. The van der Waals surface area contributed by atoms with Gasteiger partial charge in [0.15, 0.2) is 47.6 Å². The van der Waals surface area contributed by atoms with Crippen LogP contribution in [-0.4, -0.2) is 170 Å². The highest BCUT2D eigenvalue weighted by atomic mass is 17.3. The molecule has 4 spiro atoms. The summed E-state index contributed by atoms with van der Waals surface area (Å²) in [6.07, 6.45) is -0.277. The molecule has 0 aromatic rings. The molecule has 0 unspecified atom stereocenters. The first-order valence-electron chi connectivity index (χ1n) is 41.9. The smallest absolute Gasteiger partial charge is 0.308 e. The van der Waals surface area contributed by atoms with Gasteiger partial charge in [-0.15, -0.1) is 0 Å². The van der Waals surface area contributed by atoms with E-state index in [-0.39, 0.29) is 94.7 Å². The molecule has 4 saturated carbocycles. The lowest BCUT2D eigenvalue weighted by Crippen LogP contribution is -2.70. The monoisotopic (exact) mass is 1600 g/mol. The molecule has 32 heteroatoms. The Hall–Kier alpha value is -4.88. The van der Waals surface area contributed by atoms with E-state index in [1.165, 1.54) is 0 Å². The van der Waals surface area contributed by atoms with E-state index in [1.54, 1.807) is 27.7 Å². The zero-order valence-corrected chi connectivity index (χ0v) is 67.2. The van der Waals surface area contributed by atoms with Crippen LogP contribution in [0.5, 0.6) is 0 Å². The SMILES string of the molecule is C[C@@H]1[C@@H](OC(=O)CCC(=O)OCC(COC(=O)CCC(=O)O[C@@H]2O[C@@H]3O[C@]4(C)CC[C@H]5[C@H](C)CC[C@@H]([C@H]2C)[C@@]35OO4)(COC(=O)CCC(=O)O[C@@H]2O[C@@H]3O[C@]4(C)CC[C@H]5[C@H](C)CC[C@@H]([C@H]2C)[C@@]35OO4)COC(=O)CCC(=O)O[C@@H]2O[C@@H]3O[C@]4(C)CC[C@H]5[C@H](C)CC[C@@H]([C@H]2C)[C@@]35OO4)O[C@H]2O[C@]3(C)CC[C@@H]4[C@@H](C)CC[C@H]1[C@]24OO3. The maximum Gasteiger partial charge on any atom is 0.308 e. The van der Waals surface area contributed by atoms with E-state index in [9.17, 15) is 38.4 Å². The second-order valence-corrected chi connectivity index (χ2v) is 37.2. The average molecular weight is 1600 g/mol. The molecule has 4 aliphatic carbocycles. The van der Waals surface area contributed by atoms with Gasteiger partial charge in [-0.3, -0.25) is 38.4 Å². The van der Waals surface area contributed by atoms with Crippen molar-refractivity contribution in [1.82, 2.24) is 0 Å². The Morgan fingerprint density at radius 2 is 0.478 bits per heavy atom. The van der Waals surface area contributed by atoms with E-state index in [0.29, 0.717) is 25.7 Å². The summed E-state index contributed by atoms with van der Waals surface area (Å²) >= 11 is 0. The van der Waals surface area contributed by atoms with E-state index >= 15 is 0 Å². The molecule has 632 valence electrons. The summed E-state index contributed by atoms with van der Waals surface area (Å²) in [5.74, 6) is -12.3. The van der Waals surface area contributed by atoms with Crippen molar-refractivity contribution in [2.45, 2.75) is 333 Å². The van der Waals surface area contributed by atoms with Crippen LogP contribution in [0.1, 0.15) is 237 Å². The van der Waals surface area contributed by atoms with Crippen molar-refractivity contribution in [3.8, 4) is 0 Å². The lowest BCUT2D eigenvalue weighted by molar-refractivity contribution is -0.576. The van der Waals surface area contributed by atoms with Gasteiger partial charge < -0.3 is 75.8 Å². The zero-order chi connectivity index (χ0) is 79.7. The number of hydrogen-bond acceptors (Lipinski definition) is 32. The third kappa shape index (κ3) is 14.8. The van der Waals surface area contributed by atoms with Crippen molar-refractivity contribution in [3.63, 3.8) is 0 Å². The number of carbonyl (C=O) groups excluding carboxylic acids is 8. The van der Waals surface area contributed by atoms with Crippen molar-refractivity contribution in [2.24, 2.45) is 100 Å². The van der Waals surface area contributed by atoms with Crippen LogP contribution < -0.4 is 0 Å². The molecule has 8 bridgehead atoms. The van der Waals surface area contributed by atoms with Gasteiger partial charge in [-0.05, 0) is 152 Å². The molecular formula is C81H116O32. The number of rotatable bonds is 24. The molecule has 0 amide bonds. The minimum Gasteiger partial charge on any atom is -0.465 e. The van der Waals surface area contributed by atoms with E-state index < -0.39 is 227 Å². The van der Waals surface area contributed by atoms with Gasteiger partial charge in [0.2, 0.25) is 48.3 Å². The highest BCUT2D eigenvalue weighted by Crippen LogP contribution is 2.66. The Labute approximate surface area is 658 Å². The topological polar surface area (TPSA) is 358 Å². The number of hydrogen-bond donors (Lipinski definition) is 0. The van der Waals surface area contributed by atoms with Gasteiger partial charge in [0.1, 0.15) is 31.8 Å². The first-order valence-corrected chi connectivity index (χ1v) is 41.9. The third-order valence-electron chi connectivity index (χ3n) is 29.7. The maximum atomic E-state index is 14.2. The van der Waals surface area contributed by atoms with Crippen molar-refractivity contribution in [3.05, 3.63) is 0 Å². The Kier molecular flexibility index (Phi) is 22.5. The number of esters is 8. The van der Waals surface area contributed by atoms with Crippen LogP contribution in [0.4, 0.5) is 0 Å². The minimum atomic E-state index is -1.97. The molecule has 20 aliphatic rings. The van der Waals surface area contributed by atoms with Gasteiger partial charge in [0.05, 0.1) is 51.4 Å². The summed E-state index contributed by atoms with van der Waals surface area (Å²) in [5, 5.41) is 0. The molecule has 0 aromatic carbocycles. The predicted molar refractivity (Wildman–Crippen MR) is 375 cm³/mol. The van der Waals surface area contributed by atoms with Gasteiger partial charge >= 0.3 is 47.8 Å². The Morgan fingerprint density at radius 1 is 0.274 bits per heavy atom. The molecule has 16 saturated heterocycles. The minimum absolute atomic E-state index is 0.0514. The number of carbonyl (C=O) groups is 8. The normalized spacial score (nSPS) is 47.3. The summed E-state index contributed by atoms with van der Waals surface area (Å²) < 4.78 is 99.3. The predicted octanol–water partition coefficient (Wildman–Crippen LogP) is 10.3. The zero-order valence-electron chi connectivity index (χ0n) is 67.2. The van der Waals surface area contributed by atoms with Crippen molar-refractivity contribution >= 4 is 47.8 Å². The summed E-state index contributed by atoms with van der Waals surface area (Å²) in [4.78, 5) is 161. The molecule has 113 heavy (non-hydrogen) atoms. The van der Waals surface area contributed by atoms with E-state index in [1.807, 2.05) is 27.7 Å². The standard InChI is InChI=1S/C81H116O32/c1-41-13-17-53-45(5)65(98-69-78(53)49(41)29-33-73(9,102-69)106-110-78)94-61(86)25-21-57(82)90-37-77(38-91-58(83)22-26-62(87)95-66-46(6)54-18-14-42(2)50-30-34-74(10)103-70(99-66)79(50,54)111-107-74,39-92-59(84)23-27-63(88)96-67-47(7)55-19-15-43(3)51-31-35-75(11)104-71(100-67)80(51,55)112-108-75)40-93-60(85)24-28-64(89)97-68-48(8)56-20-16-44(4)52-32-36-76(12)105-72(101-68)81(52,56)113-109-76/h41-56,65-72H,13-40H2,1-12H3/t41-,42-,43-,44+,45-,46-,47-,48+,49+,50+,51+,52-,53+,54+,55+,56-,65-,66-,67-,68+,69-,70-,71-,72+,73+,74+,75+,76+,78-,79-,80-,81+/m1/s1. The first kappa shape index (κ1) is 81.8. The van der Waals surface area contributed by atoms with Crippen molar-refractivity contribution in [1.29, 1.82) is 0 Å². The summed E-state index contributed by atoms with van der Waals surface area (Å²) in [7, 11) is 0. The average Bonchev–Trinajstić information content (AvgIpc) is 1.68. The van der Waals surface area contributed by atoms with Gasteiger partial charge in [-0.1, -0.05) is 55.4 Å². The van der Waals surface area contributed by atoms with Crippen LogP contribution in [0.25, 0.3) is 0 Å². The second kappa shape index (κ2) is 31.0. The molecule has 16 aliphatic heterocycles. The first-order chi connectivity index (χ1) is 53.7. The van der Waals surface area contributed by atoms with Crippen LogP contribution in [0.3, 0.4) is 0 Å². The molecule has 20 fully saturated rings. The van der Waals surface area contributed by atoms with Gasteiger partial charge in [0.25, 0.3) is 0 Å². The largest absolute Gasteiger partial charge is 0.465 e. The molecule has 0 aromatic heterocycles. The molecule has 0 N–H and O–H groups in total. The summed E-state index contributed by atoms with van der Waals surface area (Å²) in [6.45, 7) is 20.4. The van der Waals surface area contributed by atoms with Crippen LogP contribution in [0, 0.1) is 100 Å². The maximum absolute atomic E-state index is 14.2. The highest BCUT2D eigenvalue weighted by molar-refractivity contribution is 5.80. The van der Waals surface area contributed by atoms with Crippen molar-refractivity contribution < 1.29 is 153 Å². The fraction of sp³-hybridized carbons (Fsp3) is 0.901. The van der Waals surface area contributed by atoms with Crippen LogP contribution >= 0.6 is 0 Å². The molecule has 0 radical (unpaired) electrons. The van der Waals surface area contributed by atoms with Gasteiger partial charge in [-0.2, -0.15) is 0 Å². The lowest BCUT2D eigenvalue weighted by atomic mass is 9.58. The molecular weight excluding hydrogens is 1480 g/mol. The molecule has 32 atom stereocenters. The Morgan fingerprint density at radius 3 is 0.690 bits per heavy atom. The third-order valence-corrected chi connectivity index (χ3v) is 29.7. The summed E-state index contributed by atoms with van der Waals surface area (Å²) in [6, 6.07) is 0. The number of fused-ring (bicyclic) bond motifs is 8. The van der Waals surface area contributed by atoms with Crippen molar-refractivity contribution in [2.75, 3.05) is 26.4 Å². The molecule has 32 nitrogen and oxygen atoms in total. The highest BCUT2D eigenvalue weighted by Gasteiger charge is 2.75. The van der Waals surface area contributed by atoms with Gasteiger partial charge in [-0.25, -0.2) is 39.1 Å². The fourth-order valence-electron chi connectivity index (χ4n) is 23.1. The number of ether oxygens (including phenoxy) is 16. The second-order valence-electron chi connectivity index (χ2n) is 37.2. The fourth-order valence-corrected chi connectivity index (χ4v) is 23.1. The molecule has 20 rings (SSSR count). The quantitative estimate of drug-likeness (QED) is 0.0492. The van der Waals surface area contributed by atoms with Gasteiger partial charge in [0, 0.05) is 73.0 Å². The Bertz CT molecular complexity index is 3140. The van der Waals surface area contributed by atoms with E-state index in [2.05, 4.69) is 27.7 Å². The van der Waals surface area contributed by atoms with Crippen LogP contribution in [0.2, 0.25) is 0 Å². The van der Waals surface area contributed by atoms with Crippen LogP contribution in [0.15, 0.2) is 0 Å². The molecule has 16 heterocycles.